The summed E-state index contributed by atoms with van der Waals surface area (Å²) in [5, 5.41) is 0. The predicted octanol–water partition coefficient (Wildman–Crippen LogP) is 2.32. The van der Waals surface area contributed by atoms with Crippen LogP contribution in [0.4, 0.5) is 0 Å². The molecule has 4 heteroatoms. The number of benzene rings is 1. The predicted molar refractivity (Wildman–Crippen MR) is 82.0 cm³/mol. The first-order valence-corrected chi connectivity index (χ1v) is 7.25. The summed E-state index contributed by atoms with van der Waals surface area (Å²) in [6.45, 7) is 0.607. The Morgan fingerprint density at radius 2 is 2.14 bits per heavy atom. The molecule has 21 heavy (non-hydrogen) atoms. The molecule has 1 aromatic carbocycles. The largest absolute Gasteiger partial charge is 0.463 e. The molecule has 0 saturated carbocycles. The maximum atomic E-state index is 5.70. The molecule has 0 saturated heterocycles. The van der Waals surface area contributed by atoms with Gasteiger partial charge in [-0.1, -0.05) is 24.3 Å². The lowest BCUT2D eigenvalue weighted by molar-refractivity contribution is 0.235. The molecule has 0 bridgehead atoms. The second-order valence-corrected chi connectivity index (χ2v) is 5.82. The first kappa shape index (κ1) is 12.4. The van der Waals surface area contributed by atoms with E-state index in [0.29, 0.717) is 12.6 Å². The topological polar surface area (TPSA) is 60.5 Å². The van der Waals surface area contributed by atoms with E-state index in [1.807, 2.05) is 12.3 Å². The van der Waals surface area contributed by atoms with Crippen LogP contribution in [0.1, 0.15) is 17.5 Å². The Bertz CT molecular complexity index is 711. The first-order chi connectivity index (χ1) is 10.3. The van der Waals surface area contributed by atoms with Crippen LogP contribution in [0.25, 0.3) is 11.1 Å². The zero-order chi connectivity index (χ0) is 14.3. The molecular formula is C17H17N3O. The van der Waals surface area contributed by atoms with Gasteiger partial charge in [0.05, 0.1) is 0 Å². The van der Waals surface area contributed by atoms with Crippen molar-refractivity contribution >= 4 is 6.02 Å². The van der Waals surface area contributed by atoms with E-state index in [9.17, 15) is 0 Å². The van der Waals surface area contributed by atoms with Crippen LogP contribution in [0.2, 0.25) is 0 Å². The third-order valence-corrected chi connectivity index (χ3v) is 4.44. The highest BCUT2D eigenvalue weighted by Gasteiger charge is 2.39. The first-order valence-electron chi connectivity index (χ1n) is 7.25. The van der Waals surface area contributed by atoms with Gasteiger partial charge in [-0.05, 0) is 35.6 Å². The molecule has 1 aliphatic heterocycles. The fourth-order valence-corrected chi connectivity index (χ4v) is 3.41. The fraction of sp³-hybridized carbons (Fsp3) is 0.294. The number of rotatable bonds is 1. The van der Waals surface area contributed by atoms with Gasteiger partial charge in [-0.25, -0.2) is 4.99 Å². The molecule has 2 N–H and O–H groups in total. The maximum absolute atomic E-state index is 5.70. The normalized spacial score (nSPS) is 23.5. The Kier molecular flexibility index (Phi) is 2.70. The number of nitrogens with two attached hydrogens (primary N) is 1. The van der Waals surface area contributed by atoms with Crippen molar-refractivity contribution in [1.29, 1.82) is 0 Å². The van der Waals surface area contributed by atoms with Crippen molar-refractivity contribution in [3.63, 3.8) is 0 Å². The van der Waals surface area contributed by atoms with Crippen molar-refractivity contribution < 1.29 is 4.74 Å². The average Bonchev–Trinajstić information content (AvgIpc) is 2.88. The van der Waals surface area contributed by atoms with E-state index in [1.54, 1.807) is 6.20 Å². The van der Waals surface area contributed by atoms with Crippen molar-refractivity contribution in [2.24, 2.45) is 10.7 Å². The average molecular weight is 279 g/mol. The van der Waals surface area contributed by atoms with Gasteiger partial charge in [0.25, 0.3) is 6.02 Å². The highest BCUT2D eigenvalue weighted by molar-refractivity contribution is 5.74. The van der Waals surface area contributed by atoms with Gasteiger partial charge in [0, 0.05) is 24.4 Å². The number of aliphatic imine (C=N–C) groups is 1. The monoisotopic (exact) mass is 279 g/mol. The number of hydrogen-bond acceptors (Lipinski definition) is 4. The molecule has 2 heterocycles. The Hall–Kier alpha value is -2.36. The second kappa shape index (κ2) is 4.58. The van der Waals surface area contributed by atoms with Crippen LogP contribution in [0, 0.1) is 0 Å². The Morgan fingerprint density at radius 3 is 2.90 bits per heavy atom. The third-order valence-electron chi connectivity index (χ3n) is 4.44. The Labute approximate surface area is 123 Å². The Morgan fingerprint density at radius 1 is 1.19 bits per heavy atom. The van der Waals surface area contributed by atoms with Gasteiger partial charge in [0.2, 0.25) is 0 Å². The van der Waals surface area contributed by atoms with Gasteiger partial charge >= 0.3 is 0 Å². The summed E-state index contributed by atoms with van der Waals surface area (Å²) in [5.74, 6) is 0. The number of aromatic nitrogens is 1. The van der Waals surface area contributed by atoms with E-state index in [0.717, 1.165) is 19.3 Å². The molecule has 2 aliphatic rings. The SMILES string of the molecule is NC1=N[C@@]2(CCc3c(cccc3-c3cccnc3)C2)CO1. The molecule has 0 radical (unpaired) electrons. The molecule has 4 rings (SSSR count). The van der Waals surface area contributed by atoms with E-state index >= 15 is 0 Å². The zero-order valence-electron chi connectivity index (χ0n) is 11.7. The van der Waals surface area contributed by atoms with Crippen LogP contribution in [0.5, 0.6) is 0 Å². The number of amidine groups is 1. The van der Waals surface area contributed by atoms with Crippen LogP contribution in [0.15, 0.2) is 47.7 Å². The van der Waals surface area contributed by atoms with E-state index in [1.165, 1.54) is 22.3 Å². The number of nitrogens with zero attached hydrogens (tertiary/aromatic N) is 2. The minimum absolute atomic E-state index is 0.148. The minimum atomic E-state index is -0.148. The number of fused-ring (bicyclic) bond motifs is 1. The zero-order valence-corrected chi connectivity index (χ0v) is 11.7. The molecule has 1 spiro atoms. The molecule has 1 aromatic heterocycles. The van der Waals surface area contributed by atoms with E-state index in [-0.39, 0.29) is 5.54 Å². The molecule has 0 unspecified atom stereocenters. The Balaban J connectivity index is 1.75. The minimum Gasteiger partial charge on any atom is -0.463 e. The van der Waals surface area contributed by atoms with Crippen molar-refractivity contribution in [3.05, 3.63) is 53.9 Å². The standard InChI is InChI=1S/C17H17N3O/c18-16-20-17(11-21-16)7-6-15-12(9-17)3-1-5-14(15)13-4-2-8-19-10-13/h1-5,8,10H,6-7,9,11H2,(H2,18,20)/t17-/m1/s1. The summed E-state index contributed by atoms with van der Waals surface area (Å²) in [6, 6.07) is 10.9. The molecule has 106 valence electrons. The second-order valence-electron chi connectivity index (χ2n) is 5.82. The van der Waals surface area contributed by atoms with E-state index < -0.39 is 0 Å². The summed E-state index contributed by atoms with van der Waals surface area (Å²) in [5.41, 5.74) is 10.8. The van der Waals surface area contributed by atoms with Crippen LogP contribution in [-0.2, 0) is 17.6 Å². The number of pyridine rings is 1. The van der Waals surface area contributed by atoms with Crippen LogP contribution >= 0.6 is 0 Å². The van der Waals surface area contributed by atoms with E-state index in [2.05, 4.69) is 34.2 Å². The highest BCUT2D eigenvalue weighted by atomic mass is 16.5. The lowest BCUT2D eigenvalue weighted by Crippen LogP contribution is -2.35. The lowest BCUT2D eigenvalue weighted by atomic mass is 9.77. The van der Waals surface area contributed by atoms with Gasteiger partial charge in [0.15, 0.2) is 0 Å². The molecule has 4 nitrogen and oxygen atoms in total. The molecular weight excluding hydrogens is 262 g/mol. The fourth-order valence-electron chi connectivity index (χ4n) is 3.41. The molecule has 1 aliphatic carbocycles. The quantitative estimate of drug-likeness (QED) is 0.871. The smallest absolute Gasteiger partial charge is 0.282 e. The van der Waals surface area contributed by atoms with Crippen molar-refractivity contribution in [1.82, 2.24) is 4.98 Å². The molecule has 1 atom stereocenters. The lowest BCUT2D eigenvalue weighted by Gasteiger charge is -2.31. The summed E-state index contributed by atoms with van der Waals surface area (Å²) >= 11 is 0. The third kappa shape index (κ3) is 2.07. The van der Waals surface area contributed by atoms with Crippen LogP contribution < -0.4 is 5.73 Å². The van der Waals surface area contributed by atoms with Crippen molar-refractivity contribution in [2.45, 2.75) is 24.8 Å². The molecule has 0 fully saturated rings. The van der Waals surface area contributed by atoms with Gasteiger partial charge in [-0.15, -0.1) is 0 Å². The molecule has 0 amide bonds. The van der Waals surface area contributed by atoms with Crippen LogP contribution in [0.3, 0.4) is 0 Å². The van der Waals surface area contributed by atoms with Gasteiger partial charge in [-0.2, -0.15) is 0 Å². The van der Waals surface area contributed by atoms with Gasteiger partial charge in [0.1, 0.15) is 12.1 Å². The molecule has 2 aromatic rings. The highest BCUT2D eigenvalue weighted by Crippen LogP contribution is 2.38. The van der Waals surface area contributed by atoms with Gasteiger partial charge < -0.3 is 10.5 Å². The van der Waals surface area contributed by atoms with Crippen molar-refractivity contribution in [3.8, 4) is 11.1 Å². The van der Waals surface area contributed by atoms with E-state index in [4.69, 9.17) is 10.5 Å². The summed E-state index contributed by atoms with van der Waals surface area (Å²) in [6.07, 6.45) is 6.62. The number of hydrogen-bond donors (Lipinski definition) is 1. The summed E-state index contributed by atoms with van der Waals surface area (Å²) in [4.78, 5) is 8.77. The maximum Gasteiger partial charge on any atom is 0.282 e. The number of ether oxygens (including phenoxy) is 1. The van der Waals surface area contributed by atoms with Crippen LogP contribution in [-0.4, -0.2) is 23.2 Å². The summed E-state index contributed by atoms with van der Waals surface area (Å²) in [7, 11) is 0. The van der Waals surface area contributed by atoms with Gasteiger partial charge in [-0.3, -0.25) is 4.98 Å². The summed E-state index contributed by atoms with van der Waals surface area (Å²) < 4.78 is 5.39. The van der Waals surface area contributed by atoms with Crippen molar-refractivity contribution in [2.75, 3.05) is 6.61 Å².